The fourth-order valence-electron chi connectivity index (χ4n) is 2.84. The molecule has 1 atom stereocenters. The topological polar surface area (TPSA) is 102 Å². The first-order valence-corrected chi connectivity index (χ1v) is 11.2. The predicted molar refractivity (Wildman–Crippen MR) is 114 cm³/mol. The Morgan fingerprint density at radius 1 is 1.21 bits per heavy atom. The molecule has 2 N–H and O–H groups in total. The summed E-state index contributed by atoms with van der Waals surface area (Å²) in [6.07, 6.45) is 0.783. The maximum atomic E-state index is 12.6. The number of anilines is 1. The maximum absolute atomic E-state index is 12.6. The van der Waals surface area contributed by atoms with E-state index in [2.05, 4.69) is 10.6 Å². The predicted octanol–water partition coefficient (Wildman–Crippen LogP) is 2.67. The normalized spacial score (nSPS) is 15.6. The molecule has 1 saturated heterocycles. The quantitative estimate of drug-likeness (QED) is 0.660. The molecule has 3 amide bonds. The molecule has 1 aromatic heterocycles. The second-order valence-electron chi connectivity index (χ2n) is 6.43. The van der Waals surface area contributed by atoms with E-state index >= 15 is 0 Å². The largest absolute Gasteiger partial charge is 0.352 e. The summed E-state index contributed by atoms with van der Waals surface area (Å²) in [5.74, 6) is 0.544. The van der Waals surface area contributed by atoms with E-state index in [1.807, 2.05) is 11.4 Å². The van der Waals surface area contributed by atoms with Gasteiger partial charge in [-0.2, -0.15) is 16.6 Å². The first-order valence-electron chi connectivity index (χ1n) is 9.07. The van der Waals surface area contributed by atoms with Gasteiger partial charge in [-0.25, -0.2) is 0 Å². The highest BCUT2D eigenvalue weighted by Crippen LogP contribution is 2.23. The molecule has 1 aliphatic rings. The average molecular weight is 429 g/mol. The van der Waals surface area contributed by atoms with Crippen molar-refractivity contribution in [2.24, 2.45) is 0 Å². The fourth-order valence-corrected chi connectivity index (χ4v) is 4.66. The molecular formula is C20H20N4O3S2. The molecule has 0 saturated carbocycles. The smallest absolute Gasteiger partial charge is 0.252 e. The highest BCUT2D eigenvalue weighted by Gasteiger charge is 2.34. The molecule has 0 bridgehead atoms. The van der Waals surface area contributed by atoms with Gasteiger partial charge in [-0.15, -0.1) is 11.8 Å². The number of nitrogens with zero attached hydrogens (tertiary/aromatic N) is 2. The number of thioether (sulfide) groups is 1. The lowest BCUT2D eigenvalue weighted by molar-refractivity contribution is -0.136. The van der Waals surface area contributed by atoms with Crippen LogP contribution in [0.5, 0.6) is 0 Å². The molecule has 1 unspecified atom stereocenters. The minimum Gasteiger partial charge on any atom is -0.352 e. The van der Waals surface area contributed by atoms with Crippen molar-refractivity contribution < 1.29 is 14.4 Å². The second-order valence-corrected chi connectivity index (χ2v) is 8.21. The number of nitrogens with one attached hydrogen (secondary N) is 2. The number of carbonyl (C=O) groups is 3. The van der Waals surface area contributed by atoms with E-state index < -0.39 is 6.04 Å². The number of amides is 3. The molecule has 0 spiro atoms. The maximum Gasteiger partial charge on any atom is 0.252 e. The molecule has 0 aliphatic carbocycles. The molecule has 2 heterocycles. The number of hydrogen-bond donors (Lipinski definition) is 2. The third-order valence-corrected chi connectivity index (χ3v) is 6.12. The summed E-state index contributed by atoms with van der Waals surface area (Å²) in [7, 11) is 0. The van der Waals surface area contributed by atoms with E-state index in [4.69, 9.17) is 5.26 Å². The van der Waals surface area contributed by atoms with E-state index in [1.54, 1.807) is 40.6 Å². The third-order valence-electron chi connectivity index (χ3n) is 4.42. The molecule has 1 aromatic carbocycles. The number of thiophene rings is 1. The highest BCUT2D eigenvalue weighted by atomic mass is 32.2. The molecule has 29 heavy (non-hydrogen) atoms. The zero-order valence-electron chi connectivity index (χ0n) is 15.6. The Bertz CT molecular complexity index is 907. The minimum absolute atomic E-state index is 0.0974. The highest BCUT2D eigenvalue weighted by molar-refractivity contribution is 7.99. The van der Waals surface area contributed by atoms with Gasteiger partial charge in [-0.1, -0.05) is 0 Å². The van der Waals surface area contributed by atoms with Crippen molar-refractivity contribution >= 4 is 46.5 Å². The Hall–Kier alpha value is -2.83. The summed E-state index contributed by atoms with van der Waals surface area (Å²) in [6, 6.07) is 9.86. The summed E-state index contributed by atoms with van der Waals surface area (Å²) in [6.45, 7) is 0.406. The van der Waals surface area contributed by atoms with E-state index in [0.29, 0.717) is 41.4 Å². The van der Waals surface area contributed by atoms with Crippen molar-refractivity contribution in [1.29, 1.82) is 5.26 Å². The summed E-state index contributed by atoms with van der Waals surface area (Å²) in [5.41, 5.74) is 1.73. The van der Waals surface area contributed by atoms with Gasteiger partial charge >= 0.3 is 0 Å². The van der Waals surface area contributed by atoms with Crippen molar-refractivity contribution in [1.82, 2.24) is 10.2 Å². The average Bonchev–Trinajstić information content (AvgIpc) is 3.43. The van der Waals surface area contributed by atoms with Crippen molar-refractivity contribution in [3.63, 3.8) is 0 Å². The number of hydrogen-bond acceptors (Lipinski definition) is 6. The molecule has 9 heteroatoms. The monoisotopic (exact) mass is 428 g/mol. The number of rotatable bonds is 7. The summed E-state index contributed by atoms with van der Waals surface area (Å²) in [5, 5.41) is 18.1. The molecule has 1 fully saturated rings. The van der Waals surface area contributed by atoms with Crippen LogP contribution >= 0.6 is 23.1 Å². The van der Waals surface area contributed by atoms with Crippen LogP contribution in [0, 0.1) is 11.3 Å². The van der Waals surface area contributed by atoms with E-state index in [0.717, 1.165) is 0 Å². The summed E-state index contributed by atoms with van der Waals surface area (Å²) in [4.78, 5) is 38.6. The third kappa shape index (κ3) is 5.59. The van der Waals surface area contributed by atoms with Crippen LogP contribution in [0.25, 0.3) is 0 Å². The van der Waals surface area contributed by atoms with Crippen molar-refractivity contribution in [2.45, 2.75) is 18.9 Å². The van der Waals surface area contributed by atoms with Crippen molar-refractivity contribution in [3.8, 4) is 6.07 Å². The van der Waals surface area contributed by atoms with Crippen LogP contribution in [-0.4, -0.2) is 46.8 Å². The van der Waals surface area contributed by atoms with Gasteiger partial charge in [-0.05, 0) is 42.1 Å². The molecule has 7 nitrogen and oxygen atoms in total. The van der Waals surface area contributed by atoms with Crippen molar-refractivity contribution in [3.05, 3.63) is 52.2 Å². The number of benzene rings is 1. The molecule has 2 aromatic rings. The first-order chi connectivity index (χ1) is 14.1. The number of nitriles is 1. The Morgan fingerprint density at radius 2 is 2.00 bits per heavy atom. The SMILES string of the molecule is N#Cc1ccc(NC(=O)C2CSCN2C(=O)CCCNC(=O)c2ccsc2)cc1. The first kappa shape index (κ1) is 20.9. The van der Waals surface area contributed by atoms with Gasteiger partial charge in [0.05, 0.1) is 17.5 Å². The minimum atomic E-state index is -0.524. The zero-order valence-corrected chi connectivity index (χ0v) is 17.2. The molecule has 0 radical (unpaired) electrons. The molecular weight excluding hydrogens is 408 g/mol. The summed E-state index contributed by atoms with van der Waals surface area (Å²) >= 11 is 3.00. The zero-order chi connectivity index (χ0) is 20.6. The van der Waals surface area contributed by atoms with Crippen LogP contribution in [0.2, 0.25) is 0 Å². The molecule has 150 valence electrons. The van der Waals surface area contributed by atoms with Crippen LogP contribution in [0.15, 0.2) is 41.1 Å². The Balaban J connectivity index is 1.46. The van der Waals surface area contributed by atoms with Gasteiger partial charge in [0.15, 0.2) is 0 Å². The van der Waals surface area contributed by atoms with Gasteiger partial charge in [0.25, 0.3) is 5.91 Å². The van der Waals surface area contributed by atoms with Gasteiger partial charge in [0.2, 0.25) is 11.8 Å². The fraction of sp³-hybridized carbons (Fsp3) is 0.300. The van der Waals surface area contributed by atoms with E-state index in [-0.39, 0.29) is 24.1 Å². The lowest BCUT2D eigenvalue weighted by Crippen LogP contribution is -2.44. The van der Waals surface area contributed by atoms with Crippen LogP contribution in [0.4, 0.5) is 5.69 Å². The molecule has 1 aliphatic heterocycles. The summed E-state index contributed by atoms with van der Waals surface area (Å²) < 4.78 is 0. The Morgan fingerprint density at radius 3 is 2.69 bits per heavy atom. The lowest BCUT2D eigenvalue weighted by atomic mass is 10.2. The van der Waals surface area contributed by atoms with Gasteiger partial charge in [0.1, 0.15) is 6.04 Å². The lowest BCUT2D eigenvalue weighted by Gasteiger charge is -2.23. The Labute approximate surface area is 177 Å². The van der Waals surface area contributed by atoms with Crippen LogP contribution in [-0.2, 0) is 9.59 Å². The van der Waals surface area contributed by atoms with Gasteiger partial charge < -0.3 is 15.5 Å². The van der Waals surface area contributed by atoms with E-state index in [9.17, 15) is 14.4 Å². The van der Waals surface area contributed by atoms with Crippen LogP contribution < -0.4 is 10.6 Å². The second kappa shape index (κ2) is 10.1. The van der Waals surface area contributed by atoms with E-state index in [1.165, 1.54) is 23.1 Å². The number of carbonyl (C=O) groups excluding carboxylic acids is 3. The Kier molecular flexibility index (Phi) is 7.27. The standard InChI is InChI=1S/C20H20N4O3S2/c21-10-14-3-5-16(6-4-14)23-20(27)17-12-29-13-24(17)18(25)2-1-8-22-19(26)15-7-9-28-11-15/h3-7,9,11,17H,1-2,8,12-13H2,(H,22,26)(H,23,27). The van der Waals surface area contributed by atoms with Gasteiger partial charge in [0, 0.05) is 35.3 Å². The van der Waals surface area contributed by atoms with Gasteiger partial charge in [-0.3, -0.25) is 14.4 Å². The van der Waals surface area contributed by atoms with Crippen LogP contribution in [0.3, 0.4) is 0 Å². The van der Waals surface area contributed by atoms with Crippen LogP contribution in [0.1, 0.15) is 28.8 Å². The van der Waals surface area contributed by atoms with Crippen molar-refractivity contribution in [2.75, 3.05) is 23.5 Å². The molecule has 3 rings (SSSR count).